The molecule has 0 bridgehead atoms. The van der Waals surface area contributed by atoms with Crippen molar-refractivity contribution >= 4 is 5.78 Å². The van der Waals surface area contributed by atoms with Gasteiger partial charge in [0.1, 0.15) is 0 Å². The van der Waals surface area contributed by atoms with Gasteiger partial charge in [-0.2, -0.15) is 0 Å². The van der Waals surface area contributed by atoms with Crippen LogP contribution in [0.2, 0.25) is 0 Å². The quantitative estimate of drug-likeness (QED) is 0.630. The highest BCUT2D eigenvalue weighted by atomic mass is 16.1. The monoisotopic (exact) mass is 294 g/mol. The smallest absolute Gasteiger partial charge is 0.231 e. The highest BCUT2D eigenvalue weighted by molar-refractivity contribution is 6.08. The summed E-state index contributed by atoms with van der Waals surface area (Å²) in [6.45, 7) is 0. The number of carbonyl (C=O) groups is 1. The minimum absolute atomic E-state index is 0.0147. The summed E-state index contributed by atoms with van der Waals surface area (Å²) in [5.41, 5.74) is 1.84. The normalized spacial score (nSPS) is 19.5. The summed E-state index contributed by atoms with van der Waals surface area (Å²) in [5.74, 6) is 5.83. The molecule has 0 amide bonds. The second-order valence-corrected chi connectivity index (χ2v) is 6.04. The van der Waals surface area contributed by atoms with Gasteiger partial charge in [-0.15, -0.1) is 0 Å². The molecule has 0 fully saturated rings. The van der Waals surface area contributed by atoms with Gasteiger partial charge in [-0.3, -0.25) is 4.79 Å². The average molecular weight is 294 g/mol. The summed E-state index contributed by atoms with van der Waals surface area (Å²) in [6.07, 6.45) is 14.2. The van der Waals surface area contributed by atoms with Crippen LogP contribution in [0.5, 0.6) is 0 Å². The Hall–Kier alpha value is -1.81. The molecule has 0 unspecified atom stereocenters. The fourth-order valence-corrected chi connectivity index (χ4v) is 2.84. The lowest BCUT2D eigenvalue weighted by molar-refractivity contribution is -0.110. The Labute approximate surface area is 134 Å². The zero-order valence-electron chi connectivity index (χ0n) is 13.4. The maximum atomic E-state index is 12.3. The average Bonchev–Trinajstić information content (AvgIpc) is 2.54. The van der Waals surface area contributed by atoms with Gasteiger partial charge in [0.05, 0.1) is 0 Å². The van der Waals surface area contributed by atoms with Crippen LogP contribution in [0.3, 0.4) is 0 Å². The molecule has 22 heavy (non-hydrogen) atoms. The Balaban J connectivity index is 1.99. The first-order valence-corrected chi connectivity index (χ1v) is 8.67. The zero-order chi connectivity index (χ0) is 15.5. The lowest BCUT2D eigenvalue weighted by atomic mass is 9.98. The summed E-state index contributed by atoms with van der Waals surface area (Å²) in [4.78, 5) is 12.3. The molecule has 0 saturated carbocycles. The molecule has 0 spiro atoms. The van der Waals surface area contributed by atoms with E-state index in [1.54, 1.807) is 0 Å². The molecule has 0 radical (unpaired) electrons. The van der Waals surface area contributed by atoms with Crippen molar-refractivity contribution in [1.29, 1.82) is 0 Å². The summed E-state index contributed by atoms with van der Waals surface area (Å²) in [5, 5.41) is 0. The molecule has 116 valence electrons. The van der Waals surface area contributed by atoms with Crippen LogP contribution < -0.4 is 0 Å². The van der Waals surface area contributed by atoms with Crippen LogP contribution in [-0.2, 0) is 4.79 Å². The van der Waals surface area contributed by atoms with Crippen molar-refractivity contribution in [2.75, 3.05) is 0 Å². The summed E-state index contributed by atoms with van der Waals surface area (Å²) >= 11 is 0. The highest BCUT2D eigenvalue weighted by Gasteiger charge is 2.07. The first kappa shape index (κ1) is 16.6. The predicted molar refractivity (Wildman–Crippen MR) is 92.6 cm³/mol. The van der Waals surface area contributed by atoms with E-state index in [1.807, 2.05) is 30.3 Å². The fraction of sp³-hybridized carbons (Fsp3) is 0.476. The molecule has 1 aromatic rings. The molecule has 1 aromatic carbocycles. The number of ketones is 1. The topological polar surface area (TPSA) is 17.1 Å². The van der Waals surface area contributed by atoms with Crippen LogP contribution in [-0.4, -0.2) is 5.78 Å². The maximum Gasteiger partial charge on any atom is 0.231 e. The molecule has 0 N–H and O–H groups in total. The summed E-state index contributed by atoms with van der Waals surface area (Å²) in [6, 6.07) is 9.74. The predicted octanol–water partition coefficient (Wildman–Crippen LogP) is 5.45. The maximum absolute atomic E-state index is 12.3. The number of benzene rings is 1. The van der Waals surface area contributed by atoms with Gasteiger partial charge in [0.25, 0.3) is 0 Å². The molecular weight excluding hydrogens is 268 g/mol. The minimum Gasteiger partial charge on any atom is -0.280 e. The standard InChI is InChI=1S/C21H26O/c22-21(18-17-19-13-9-8-10-14-19)20-15-11-6-4-2-1-3-5-7-12-16-20/h8-10,13-15H,1-7,11-12,16H2/b20-15+. The molecule has 2 rings (SSSR count). The molecule has 0 aliphatic heterocycles. The van der Waals surface area contributed by atoms with Crippen LogP contribution in [0.25, 0.3) is 0 Å². The third-order valence-electron chi connectivity index (χ3n) is 4.18. The number of hydrogen-bond donors (Lipinski definition) is 0. The van der Waals surface area contributed by atoms with Gasteiger partial charge < -0.3 is 0 Å². The molecule has 0 atom stereocenters. The first-order valence-electron chi connectivity index (χ1n) is 8.67. The van der Waals surface area contributed by atoms with Gasteiger partial charge in [0, 0.05) is 11.1 Å². The van der Waals surface area contributed by atoms with Crippen molar-refractivity contribution in [2.24, 2.45) is 0 Å². The lowest BCUT2D eigenvalue weighted by Crippen LogP contribution is -2.00. The van der Waals surface area contributed by atoms with E-state index in [0.29, 0.717) is 0 Å². The van der Waals surface area contributed by atoms with E-state index in [4.69, 9.17) is 0 Å². The third kappa shape index (κ3) is 6.31. The molecule has 1 heteroatoms. The zero-order valence-corrected chi connectivity index (χ0v) is 13.4. The fourth-order valence-electron chi connectivity index (χ4n) is 2.84. The van der Waals surface area contributed by atoms with Gasteiger partial charge in [-0.05, 0) is 43.7 Å². The van der Waals surface area contributed by atoms with Crippen molar-refractivity contribution in [3.05, 3.63) is 47.5 Å². The molecule has 0 heterocycles. The molecular formula is C21H26O. The molecule has 1 aliphatic carbocycles. The van der Waals surface area contributed by atoms with Crippen LogP contribution in [0.15, 0.2) is 42.0 Å². The van der Waals surface area contributed by atoms with E-state index >= 15 is 0 Å². The van der Waals surface area contributed by atoms with E-state index < -0.39 is 0 Å². The summed E-state index contributed by atoms with van der Waals surface area (Å²) in [7, 11) is 0. The summed E-state index contributed by atoms with van der Waals surface area (Å²) < 4.78 is 0. The third-order valence-corrected chi connectivity index (χ3v) is 4.18. The van der Waals surface area contributed by atoms with Crippen molar-refractivity contribution in [2.45, 2.75) is 64.2 Å². The second kappa shape index (κ2) is 10.0. The van der Waals surface area contributed by atoms with Gasteiger partial charge in [-0.25, -0.2) is 0 Å². The van der Waals surface area contributed by atoms with Gasteiger partial charge >= 0.3 is 0 Å². The van der Waals surface area contributed by atoms with E-state index in [0.717, 1.165) is 30.4 Å². The van der Waals surface area contributed by atoms with Gasteiger partial charge in [0.15, 0.2) is 0 Å². The number of Topliss-reactive ketones (excluding diaryl/α,β-unsaturated/α-hetero) is 1. The molecule has 0 saturated heterocycles. The van der Waals surface area contributed by atoms with E-state index in [-0.39, 0.29) is 5.78 Å². The second-order valence-electron chi connectivity index (χ2n) is 6.04. The minimum atomic E-state index is 0.0147. The Morgan fingerprint density at radius 1 is 0.818 bits per heavy atom. The number of allylic oxidation sites excluding steroid dienone is 2. The van der Waals surface area contributed by atoms with Crippen molar-refractivity contribution < 1.29 is 4.79 Å². The Kier molecular flexibility index (Phi) is 7.53. The van der Waals surface area contributed by atoms with Gasteiger partial charge in [-0.1, -0.05) is 68.7 Å². The van der Waals surface area contributed by atoms with E-state index in [9.17, 15) is 4.79 Å². The molecule has 0 aromatic heterocycles. The van der Waals surface area contributed by atoms with E-state index in [2.05, 4.69) is 17.9 Å². The largest absolute Gasteiger partial charge is 0.280 e. The lowest BCUT2D eigenvalue weighted by Gasteiger charge is -2.06. The van der Waals surface area contributed by atoms with E-state index in [1.165, 1.54) is 44.9 Å². The molecule has 1 nitrogen and oxygen atoms in total. The highest BCUT2D eigenvalue weighted by Crippen LogP contribution is 2.17. The number of carbonyl (C=O) groups excluding carboxylic acids is 1. The number of rotatable bonds is 1. The van der Waals surface area contributed by atoms with Crippen LogP contribution in [0, 0.1) is 11.8 Å². The number of hydrogen-bond acceptors (Lipinski definition) is 1. The van der Waals surface area contributed by atoms with Crippen LogP contribution >= 0.6 is 0 Å². The first-order chi connectivity index (χ1) is 10.9. The van der Waals surface area contributed by atoms with Crippen LogP contribution in [0.1, 0.15) is 69.8 Å². The van der Waals surface area contributed by atoms with Crippen LogP contribution in [0.4, 0.5) is 0 Å². The SMILES string of the molecule is O=C(C#Cc1ccccc1)/C1=C/CCCCCCCCCC1. The van der Waals surface area contributed by atoms with Crippen molar-refractivity contribution in [1.82, 2.24) is 0 Å². The Bertz CT molecular complexity index is 542. The van der Waals surface area contributed by atoms with Gasteiger partial charge in [0.2, 0.25) is 5.78 Å². The Morgan fingerprint density at radius 3 is 2.18 bits per heavy atom. The molecule has 1 aliphatic rings. The Morgan fingerprint density at radius 2 is 1.45 bits per heavy atom. The van der Waals surface area contributed by atoms with Crippen molar-refractivity contribution in [3.8, 4) is 11.8 Å². The van der Waals surface area contributed by atoms with Crippen molar-refractivity contribution in [3.63, 3.8) is 0 Å².